The molecule has 0 spiro atoms. The monoisotopic (exact) mass is 892 g/mol. The zero-order valence-electron chi connectivity index (χ0n) is 32.7. The molecule has 0 fully saturated rings. The number of alkyl halides is 1. The van der Waals surface area contributed by atoms with Crippen molar-refractivity contribution in [3.05, 3.63) is 69.8 Å². The second kappa shape index (κ2) is 26.4. The van der Waals surface area contributed by atoms with Crippen molar-refractivity contribution in [3.8, 4) is 0 Å². The van der Waals surface area contributed by atoms with Crippen LogP contribution in [0, 0.1) is 0 Å². The van der Waals surface area contributed by atoms with Crippen molar-refractivity contribution in [2.24, 2.45) is 5.73 Å². The Morgan fingerprint density at radius 3 is 1.56 bits per heavy atom. The number of benzene rings is 2. The van der Waals surface area contributed by atoms with Crippen LogP contribution in [0.5, 0.6) is 0 Å². The predicted octanol–water partition coefficient (Wildman–Crippen LogP) is 6.27. The maximum Gasteiger partial charge on any atom is 0.410 e. The molecule has 0 aromatic heterocycles. The average molecular weight is 894 g/mol. The minimum atomic E-state index is -0.490. The van der Waals surface area contributed by atoms with Crippen molar-refractivity contribution in [2.75, 3.05) is 38.2 Å². The first-order chi connectivity index (χ1) is 24.0. The van der Waals surface area contributed by atoms with Crippen molar-refractivity contribution in [1.29, 1.82) is 0 Å². The number of esters is 2. The summed E-state index contributed by atoms with van der Waals surface area (Å²) in [6, 6.07) is 12.5. The van der Waals surface area contributed by atoms with Crippen LogP contribution in [0.4, 0.5) is 9.59 Å². The molecule has 4 radical (unpaired) electrons. The normalized spacial score (nSPS) is 12.9. The molecular weight excluding hydrogens is 832 g/mol. The number of fused-ring (bicyclic) bond motifs is 2. The molecule has 54 heavy (non-hydrogen) atoms. The number of nitrogens with one attached hydrogen (secondary N) is 1. The summed E-state index contributed by atoms with van der Waals surface area (Å²) >= 11 is 2.94. The van der Waals surface area contributed by atoms with E-state index in [2.05, 4.69) is 62.4 Å². The molecule has 4 rings (SSSR count). The fraction of sp³-hybridized carbons (Fsp3) is 0.590. The van der Waals surface area contributed by atoms with Crippen LogP contribution in [0.1, 0.15) is 96.2 Å². The molecule has 0 saturated heterocycles. The molecule has 298 valence electrons. The van der Waals surface area contributed by atoms with E-state index >= 15 is 0 Å². The molecule has 2 aromatic rings. The summed E-state index contributed by atoms with van der Waals surface area (Å²) in [5, 5.41) is 3.37. The van der Waals surface area contributed by atoms with E-state index in [0.29, 0.717) is 57.8 Å². The number of carbonyl (C=O) groups excluding carboxylic acids is 4. The van der Waals surface area contributed by atoms with Crippen LogP contribution >= 0.6 is 15.9 Å². The van der Waals surface area contributed by atoms with E-state index in [-0.39, 0.29) is 79.2 Å². The summed E-state index contributed by atoms with van der Waals surface area (Å²) < 4.78 is 20.3. The molecule has 2 aliphatic heterocycles. The summed E-state index contributed by atoms with van der Waals surface area (Å²) in [7, 11) is 0. The van der Waals surface area contributed by atoms with Gasteiger partial charge in [0.25, 0.3) is 0 Å². The van der Waals surface area contributed by atoms with Gasteiger partial charge in [0.05, 0.1) is 19.8 Å². The number of nitrogens with two attached hydrogens (primary N) is 1. The second-order valence-corrected chi connectivity index (χ2v) is 14.6. The Kier molecular flexibility index (Phi) is 26.2. The van der Waals surface area contributed by atoms with Gasteiger partial charge in [0, 0.05) is 80.4 Å². The molecule has 0 saturated carbocycles. The molecule has 2 amide bonds. The molecule has 2 aliphatic rings. The number of ether oxygens (including phenoxy) is 4. The number of rotatable bonds is 8. The van der Waals surface area contributed by atoms with Crippen LogP contribution in [-0.4, -0.2) is 91.7 Å². The van der Waals surface area contributed by atoms with Crippen LogP contribution in [-0.2, 0) is 100 Å². The number of halogens is 1. The Morgan fingerprint density at radius 1 is 0.741 bits per heavy atom. The van der Waals surface area contributed by atoms with Gasteiger partial charge in [-0.05, 0) is 102 Å². The third-order valence-electron chi connectivity index (χ3n) is 7.42. The maximum absolute atomic E-state index is 12.3. The SMILES string of the molecule is C.CC(C)(C)OC(=O)N1CCc2ccc(CN)cc2C1.CCOC(=O)CBr.CCOC(=O)CNCc1ccc2c(c1)CN(C(=O)OC(C)(C)C)CC2.[B].[Y]. The minimum absolute atomic E-state index is 0. The molecule has 0 bridgehead atoms. The van der Waals surface area contributed by atoms with Crippen LogP contribution in [0.3, 0.4) is 0 Å². The third-order valence-corrected chi connectivity index (χ3v) is 7.88. The van der Waals surface area contributed by atoms with E-state index in [0.717, 1.165) is 29.5 Å². The Bertz CT molecular complexity index is 1470. The third kappa shape index (κ3) is 20.4. The maximum atomic E-state index is 12.3. The van der Waals surface area contributed by atoms with Crippen LogP contribution in [0.15, 0.2) is 36.4 Å². The first-order valence-electron chi connectivity index (χ1n) is 17.4. The summed E-state index contributed by atoms with van der Waals surface area (Å²) in [6.07, 6.45) is 1.19. The predicted molar refractivity (Wildman–Crippen MR) is 213 cm³/mol. The Hall–Kier alpha value is -2.51. The number of hydrogen-bond donors (Lipinski definition) is 2. The number of amides is 2. The van der Waals surface area contributed by atoms with Crippen molar-refractivity contribution in [2.45, 2.75) is 113 Å². The van der Waals surface area contributed by atoms with Crippen molar-refractivity contribution >= 4 is 48.5 Å². The van der Waals surface area contributed by atoms with E-state index in [1.165, 1.54) is 16.7 Å². The molecule has 0 atom stereocenters. The van der Waals surface area contributed by atoms with Crippen molar-refractivity contribution < 1.29 is 70.8 Å². The minimum Gasteiger partial charge on any atom is -0.465 e. The molecule has 2 heterocycles. The number of nitrogens with zero attached hydrogens (tertiary/aromatic N) is 2. The fourth-order valence-corrected chi connectivity index (χ4v) is 5.30. The van der Waals surface area contributed by atoms with E-state index < -0.39 is 11.2 Å². The van der Waals surface area contributed by atoms with Gasteiger partial charge in [-0.25, -0.2) is 9.59 Å². The summed E-state index contributed by atoms with van der Waals surface area (Å²) in [5.74, 6) is -0.459. The Balaban J connectivity index is 0. The molecule has 3 N–H and O–H groups in total. The first-order valence-corrected chi connectivity index (χ1v) is 18.6. The van der Waals surface area contributed by atoms with Gasteiger partial charge in [-0.15, -0.1) is 0 Å². The Morgan fingerprint density at radius 2 is 1.17 bits per heavy atom. The molecule has 0 unspecified atom stereocenters. The van der Waals surface area contributed by atoms with Gasteiger partial charge < -0.3 is 39.8 Å². The zero-order valence-corrected chi connectivity index (χ0v) is 37.1. The average Bonchev–Trinajstić information content (AvgIpc) is 3.06. The quantitative estimate of drug-likeness (QED) is 0.135. The topological polar surface area (TPSA) is 150 Å². The van der Waals surface area contributed by atoms with E-state index in [4.69, 9.17) is 19.9 Å². The van der Waals surface area contributed by atoms with E-state index in [1.54, 1.807) is 23.6 Å². The number of hydrogen-bond acceptors (Lipinski definition) is 10. The van der Waals surface area contributed by atoms with Gasteiger partial charge >= 0.3 is 24.1 Å². The van der Waals surface area contributed by atoms with Crippen molar-refractivity contribution in [3.63, 3.8) is 0 Å². The van der Waals surface area contributed by atoms with Crippen LogP contribution in [0.2, 0.25) is 0 Å². The van der Waals surface area contributed by atoms with Gasteiger partial charge in [0.1, 0.15) is 16.5 Å². The smallest absolute Gasteiger partial charge is 0.410 e. The summed E-state index contributed by atoms with van der Waals surface area (Å²) in [5.41, 5.74) is 11.8. The van der Waals surface area contributed by atoms with E-state index in [9.17, 15) is 19.2 Å². The molecule has 12 nitrogen and oxygen atoms in total. The van der Waals surface area contributed by atoms with E-state index in [1.807, 2.05) is 41.5 Å². The van der Waals surface area contributed by atoms with Gasteiger partial charge in [-0.2, -0.15) is 0 Å². The number of carbonyl (C=O) groups is 4. The second-order valence-electron chi connectivity index (χ2n) is 14.1. The van der Waals surface area contributed by atoms with Gasteiger partial charge in [0.15, 0.2) is 0 Å². The summed E-state index contributed by atoms with van der Waals surface area (Å²) in [4.78, 5) is 49.3. The summed E-state index contributed by atoms with van der Waals surface area (Å²) in [6.45, 7) is 19.5. The molecule has 2 aromatic carbocycles. The zero-order chi connectivity index (χ0) is 38.2. The molecule has 0 aliphatic carbocycles. The first kappa shape index (κ1) is 53.6. The largest absolute Gasteiger partial charge is 0.465 e. The van der Waals surface area contributed by atoms with Crippen LogP contribution in [0.25, 0.3) is 0 Å². The van der Waals surface area contributed by atoms with Gasteiger partial charge in [-0.1, -0.05) is 59.8 Å². The Labute approximate surface area is 358 Å². The fourth-order valence-electron chi connectivity index (χ4n) is 5.14. The standard InChI is InChI=1S/C19H28N2O4.C15H22N2O2.C4H7BrO2.CH4.B.Y/c1-5-24-17(22)12-20-11-14-6-7-15-8-9-21(13-16(15)10-14)18(23)25-19(2,3)4;1-15(2,3)19-14(18)17-7-6-12-5-4-11(9-16)8-13(12)10-17;1-2-7-4(6)3-5;;;/h6-7,10,20H,5,8-9,11-13H2,1-4H3;4-5,8H,6-7,9-10,16H2,1-3H3;2-3H2,1H3;1H4;;. The van der Waals surface area contributed by atoms with Crippen molar-refractivity contribution in [1.82, 2.24) is 15.1 Å². The molecule has 15 heteroatoms. The van der Waals surface area contributed by atoms with Crippen LogP contribution < -0.4 is 11.1 Å². The van der Waals surface area contributed by atoms with Gasteiger partial charge in [-0.3, -0.25) is 9.59 Å². The molecular formula is C39H61BBrN4O8Y. The van der Waals surface area contributed by atoms with Gasteiger partial charge in [0.2, 0.25) is 0 Å².